The van der Waals surface area contributed by atoms with Gasteiger partial charge in [-0.25, -0.2) is 4.79 Å². The lowest BCUT2D eigenvalue weighted by molar-refractivity contribution is -0.145. The van der Waals surface area contributed by atoms with Crippen molar-refractivity contribution in [2.45, 2.75) is 58.8 Å². The van der Waals surface area contributed by atoms with Gasteiger partial charge >= 0.3 is 12.1 Å². The van der Waals surface area contributed by atoms with Gasteiger partial charge in [0.05, 0.1) is 18.6 Å². The second-order valence-corrected chi connectivity index (χ2v) is 6.16. The minimum absolute atomic E-state index is 0.0697. The Bertz CT molecular complexity index is 360. The Morgan fingerprint density at radius 3 is 2.33 bits per heavy atom. The number of nitrogens with one attached hydrogen (secondary N) is 1. The summed E-state index contributed by atoms with van der Waals surface area (Å²) in [6.07, 6.45) is -0.426. The van der Waals surface area contributed by atoms with E-state index in [1.54, 1.807) is 20.8 Å². The van der Waals surface area contributed by atoms with Crippen LogP contribution in [0.1, 0.15) is 41.0 Å². The fourth-order valence-electron chi connectivity index (χ4n) is 1.66. The van der Waals surface area contributed by atoms with E-state index in [1.807, 2.05) is 13.8 Å². The van der Waals surface area contributed by atoms with Crippen LogP contribution in [0.4, 0.5) is 4.79 Å². The van der Waals surface area contributed by atoms with Gasteiger partial charge in [-0.15, -0.1) is 0 Å². The van der Waals surface area contributed by atoms with Crippen LogP contribution in [0.5, 0.6) is 0 Å². The van der Waals surface area contributed by atoms with Crippen LogP contribution in [0.2, 0.25) is 0 Å². The number of hydrogen-bond acceptors (Lipinski definition) is 5. The van der Waals surface area contributed by atoms with Gasteiger partial charge in [-0.05, 0) is 26.7 Å². The average molecular weight is 301 g/mol. The topological polar surface area (TPSA) is 84.9 Å². The smallest absolute Gasteiger partial charge is 0.407 e. The van der Waals surface area contributed by atoms with Crippen LogP contribution in [-0.4, -0.2) is 41.5 Å². The van der Waals surface area contributed by atoms with E-state index in [-0.39, 0.29) is 18.9 Å². The fraction of sp³-hybridized carbons (Fsp3) is 0.733. The van der Waals surface area contributed by atoms with E-state index < -0.39 is 29.8 Å². The van der Waals surface area contributed by atoms with Gasteiger partial charge in [-0.2, -0.15) is 0 Å². The second kappa shape index (κ2) is 8.67. The molecule has 2 N–H and O–H groups in total. The standard InChI is InChI=1S/C15H27NO5/c1-7-8-20-12(18)9-11(17)13(10(2)3)16-14(19)21-15(4,5)6/h7,10-11,13,17H,1,8-9H2,2-6H3,(H,16,19)/t11-,13+/m1/s1. The van der Waals surface area contributed by atoms with E-state index in [9.17, 15) is 14.7 Å². The van der Waals surface area contributed by atoms with E-state index in [0.29, 0.717) is 0 Å². The molecule has 0 aromatic heterocycles. The van der Waals surface area contributed by atoms with Crippen molar-refractivity contribution in [3.05, 3.63) is 12.7 Å². The molecule has 0 fully saturated rings. The molecule has 0 spiro atoms. The molecule has 0 aromatic carbocycles. The molecule has 0 aliphatic carbocycles. The largest absolute Gasteiger partial charge is 0.461 e. The van der Waals surface area contributed by atoms with Crippen molar-refractivity contribution in [1.82, 2.24) is 5.32 Å². The number of alkyl carbamates (subject to hydrolysis) is 1. The van der Waals surface area contributed by atoms with Crippen molar-refractivity contribution in [3.8, 4) is 0 Å². The Balaban J connectivity index is 4.56. The molecule has 0 saturated heterocycles. The number of hydrogen-bond donors (Lipinski definition) is 2. The van der Waals surface area contributed by atoms with Crippen LogP contribution >= 0.6 is 0 Å². The monoisotopic (exact) mass is 301 g/mol. The van der Waals surface area contributed by atoms with E-state index in [1.165, 1.54) is 6.08 Å². The van der Waals surface area contributed by atoms with E-state index in [2.05, 4.69) is 11.9 Å². The highest BCUT2D eigenvalue weighted by atomic mass is 16.6. The van der Waals surface area contributed by atoms with Crippen molar-refractivity contribution in [2.24, 2.45) is 5.92 Å². The maximum Gasteiger partial charge on any atom is 0.407 e. The molecule has 0 unspecified atom stereocenters. The van der Waals surface area contributed by atoms with Gasteiger partial charge in [0.2, 0.25) is 0 Å². The number of aliphatic hydroxyl groups excluding tert-OH is 1. The Morgan fingerprint density at radius 2 is 1.90 bits per heavy atom. The van der Waals surface area contributed by atoms with Gasteiger partial charge in [-0.1, -0.05) is 26.5 Å². The zero-order valence-electron chi connectivity index (χ0n) is 13.5. The Morgan fingerprint density at radius 1 is 1.33 bits per heavy atom. The molecule has 0 aliphatic heterocycles. The molecule has 6 nitrogen and oxygen atoms in total. The molecule has 0 bridgehead atoms. The average Bonchev–Trinajstić information content (AvgIpc) is 2.30. The summed E-state index contributed by atoms with van der Waals surface area (Å²) in [7, 11) is 0. The van der Waals surface area contributed by atoms with Crippen LogP contribution in [0.3, 0.4) is 0 Å². The fourth-order valence-corrected chi connectivity index (χ4v) is 1.66. The molecular formula is C15H27NO5. The lowest BCUT2D eigenvalue weighted by Crippen LogP contribution is -2.49. The summed E-state index contributed by atoms with van der Waals surface area (Å²) in [5, 5.41) is 12.7. The number of ether oxygens (including phenoxy) is 2. The predicted octanol–water partition coefficient (Wildman–Crippen LogP) is 2.02. The third-order valence-electron chi connectivity index (χ3n) is 2.55. The molecule has 0 aromatic rings. The van der Waals surface area contributed by atoms with E-state index >= 15 is 0 Å². The molecule has 0 heterocycles. The summed E-state index contributed by atoms with van der Waals surface area (Å²) in [6, 6.07) is -0.601. The SMILES string of the molecule is C=CCOC(=O)C[C@@H](O)[C@@H](NC(=O)OC(C)(C)C)C(C)C. The first-order valence-electron chi connectivity index (χ1n) is 7.01. The van der Waals surface area contributed by atoms with Gasteiger partial charge < -0.3 is 19.9 Å². The van der Waals surface area contributed by atoms with Gasteiger partial charge in [0.15, 0.2) is 0 Å². The molecule has 0 aliphatic rings. The Labute approximate surface area is 126 Å². The zero-order chi connectivity index (χ0) is 16.6. The lowest BCUT2D eigenvalue weighted by Gasteiger charge is -2.28. The highest BCUT2D eigenvalue weighted by Gasteiger charge is 2.28. The molecule has 0 radical (unpaired) electrons. The normalized spacial score (nSPS) is 14.2. The second-order valence-electron chi connectivity index (χ2n) is 6.16. The van der Waals surface area contributed by atoms with Crippen molar-refractivity contribution in [1.29, 1.82) is 0 Å². The Hall–Kier alpha value is -1.56. The van der Waals surface area contributed by atoms with E-state index in [0.717, 1.165) is 0 Å². The first kappa shape index (κ1) is 19.4. The van der Waals surface area contributed by atoms with Crippen molar-refractivity contribution in [3.63, 3.8) is 0 Å². The van der Waals surface area contributed by atoms with Crippen LogP contribution < -0.4 is 5.32 Å². The van der Waals surface area contributed by atoms with Gasteiger partial charge in [-0.3, -0.25) is 4.79 Å². The number of amides is 1. The summed E-state index contributed by atoms with van der Waals surface area (Å²) < 4.78 is 9.96. The first-order valence-corrected chi connectivity index (χ1v) is 7.01. The maximum atomic E-state index is 11.8. The third kappa shape index (κ3) is 9.07. The molecule has 6 heteroatoms. The molecule has 122 valence electrons. The third-order valence-corrected chi connectivity index (χ3v) is 2.55. The molecule has 2 atom stereocenters. The number of carbonyl (C=O) groups is 2. The minimum atomic E-state index is -1.05. The molecular weight excluding hydrogens is 274 g/mol. The summed E-state index contributed by atoms with van der Waals surface area (Å²) in [5.41, 5.74) is -0.626. The zero-order valence-corrected chi connectivity index (χ0v) is 13.5. The van der Waals surface area contributed by atoms with Crippen LogP contribution in [0.15, 0.2) is 12.7 Å². The molecule has 0 saturated carbocycles. The molecule has 0 rings (SSSR count). The van der Waals surface area contributed by atoms with Crippen LogP contribution in [0, 0.1) is 5.92 Å². The van der Waals surface area contributed by atoms with Gasteiger partial charge in [0.25, 0.3) is 0 Å². The Kier molecular flexibility index (Phi) is 8.02. The van der Waals surface area contributed by atoms with Crippen molar-refractivity contribution < 1.29 is 24.2 Å². The summed E-state index contributed by atoms with van der Waals surface area (Å²) in [4.78, 5) is 23.2. The lowest BCUT2D eigenvalue weighted by atomic mass is 9.96. The highest BCUT2D eigenvalue weighted by molar-refractivity contribution is 5.71. The number of carbonyl (C=O) groups excluding carboxylic acids is 2. The predicted molar refractivity (Wildman–Crippen MR) is 79.8 cm³/mol. The van der Waals surface area contributed by atoms with Crippen molar-refractivity contribution >= 4 is 12.1 Å². The summed E-state index contributed by atoms with van der Waals surface area (Å²) in [6.45, 7) is 12.4. The van der Waals surface area contributed by atoms with Crippen LogP contribution in [-0.2, 0) is 14.3 Å². The van der Waals surface area contributed by atoms with E-state index in [4.69, 9.17) is 9.47 Å². The number of rotatable bonds is 7. The summed E-state index contributed by atoms with van der Waals surface area (Å²) >= 11 is 0. The van der Waals surface area contributed by atoms with Gasteiger partial charge in [0, 0.05) is 0 Å². The van der Waals surface area contributed by atoms with Crippen LogP contribution in [0.25, 0.3) is 0 Å². The maximum absolute atomic E-state index is 11.8. The first-order chi connectivity index (χ1) is 9.56. The number of esters is 1. The summed E-state index contributed by atoms with van der Waals surface area (Å²) in [5.74, 6) is -0.612. The molecule has 21 heavy (non-hydrogen) atoms. The molecule has 1 amide bonds. The number of aliphatic hydroxyl groups is 1. The minimum Gasteiger partial charge on any atom is -0.461 e. The van der Waals surface area contributed by atoms with Gasteiger partial charge in [0.1, 0.15) is 12.2 Å². The quantitative estimate of drug-likeness (QED) is 0.555. The highest BCUT2D eigenvalue weighted by Crippen LogP contribution is 2.13. The van der Waals surface area contributed by atoms with Crippen molar-refractivity contribution in [2.75, 3.05) is 6.61 Å².